The SMILES string of the molecule is O=C(O)/C=C\C(=O)OS(=O)(=O)Cl. The zero-order valence-electron chi connectivity index (χ0n) is 5.43. The summed E-state index contributed by atoms with van der Waals surface area (Å²) in [5, 5.41) is 7.98. The van der Waals surface area contributed by atoms with Gasteiger partial charge < -0.3 is 9.29 Å². The van der Waals surface area contributed by atoms with Gasteiger partial charge >= 0.3 is 21.3 Å². The second-order valence-corrected chi connectivity index (χ2v) is 3.55. The summed E-state index contributed by atoms with van der Waals surface area (Å²) in [6.45, 7) is 0. The molecule has 8 heteroatoms. The summed E-state index contributed by atoms with van der Waals surface area (Å²) in [5.41, 5.74) is 0. The van der Waals surface area contributed by atoms with Crippen molar-refractivity contribution in [3.63, 3.8) is 0 Å². The summed E-state index contributed by atoms with van der Waals surface area (Å²) in [6.07, 6.45) is 0.840. The fraction of sp³-hybridized carbons (Fsp3) is 0. The summed E-state index contributed by atoms with van der Waals surface area (Å²) in [5.74, 6) is -2.77. The zero-order valence-corrected chi connectivity index (χ0v) is 7.00. The summed E-state index contributed by atoms with van der Waals surface area (Å²) in [7, 11) is 0.0984. The largest absolute Gasteiger partial charge is 0.478 e. The molecule has 0 bridgehead atoms. The van der Waals surface area contributed by atoms with E-state index >= 15 is 0 Å². The van der Waals surface area contributed by atoms with Crippen LogP contribution in [-0.2, 0) is 23.1 Å². The Balaban J connectivity index is 4.18. The van der Waals surface area contributed by atoms with Crippen molar-refractivity contribution < 1.29 is 27.3 Å². The van der Waals surface area contributed by atoms with Gasteiger partial charge in [-0.3, -0.25) is 0 Å². The standard InChI is InChI=1S/C4H3ClO6S/c5-12(9,10)11-4(8)2-1-3(6)7/h1-2H,(H,6,7)/b2-1-. The van der Waals surface area contributed by atoms with Crippen LogP contribution in [0.1, 0.15) is 0 Å². The Morgan fingerprint density at radius 1 is 1.33 bits per heavy atom. The molecule has 1 N–H and O–H groups in total. The van der Waals surface area contributed by atoms with Crippen molar-refractivity contribution in [2.45, 2.75) is 0 Å². The second kappa shape index (κ2) is 4.07. The van der Waals surface area contributed by atoms with E-state index < -0.39 is 21.3 Å². The van der Waals surface area contributed by atoms with E-state index in [0.29, 0.717) is 12.2 Å². The zero-order chi connectivity index (χ0) is 9.78. The number of halogens is 1. The predicted octanol–water partition coefficient (Wildman–Crippen LogP) is -0.346. The fourth-order valence-corrected chi connectivity index (χ4v) is 0.703. The molecular formula is C4H3ClO6S. The van der Waals surface area contributed by atoms with E-state index in [2.05, 4.69) is 14.9 Å². The number of carboxylic acids is 1. The van der Waals surface area contributed by atoms with Crippen LogP contribution in [0.5, 0.6) is 0 Å². The average molecular weight is 215 g/mol. The van der Waals surface area contributed by atoms with E-state index in [1.54, 1.807) is 0 Å². The highest BCUT2D eigenvalue weighted by Gasteiger charge is 2.10. The van der Waals surface area contributed by atoms with Gasteiger partial charge in [-0.1, -0.05) is 0 Å². The van der Waals surface area contributed by atoms with Crippen molar-refractivity contribution >= 4 is 32.0 Å². The quantitative estimate of drug-likeness (QED) is 0.510. The van der Waals surface area contributed by atoms with Gasteiger partial charge in [0.2, 0.25) is 0 Å². The van der Waals surface area contributed by atoms with Crippen LogP contribution in [0.3, 0.4) is 0 Å². The first-order valence-electron chi connectivity index (χ1n) is 2.40. The van der Waals surface area contributed by atoms with Crippen molar-refractivity contribution in [1.29, 1.82) is 0 Å². The number of carbonyl (C=O) groups excluding carboxylic acids is 1. The van der Waals surface area contributed by atoms with Gasteiger partial charge in [-0.15, -0.1) is 0 Å². The van der Waals surface area contributed by atoms with E-state index in [1.807, 2.05) is 0 Å². The monoisotopic (exact) mass is 214 g/mol. The summed E-state index contributed by atoms with van der Waals surface area (Å²) in [6, 6.07) is 0. The maximum absolute atomic E-state index is 10.3. The van der Waals surface area contributed by atoms with Crippen LogP contribution < -0.4 is 0 Å². The molecule has 0 aliphatic heterocycles. The van der Waals surface area contributed by atoms with Crippen LogP contribution in [0.25, 0.3) is 0 Å². The molecule has 0 aromatic rings. The smallest absolute Gasteiger partial charge is 0.403 e. The Morgan fingerprint density at radius 2 is 1.83 bits per heavy atom. The Kier molecular flexibility index (Phi) is 3.71. The molecule has 0 saturated carbocycles. The first kappa shape index (κ1) is 10.9. The van der Waals surface area contributed by atoms with Gasteiger partial charge in [0.25, 0.3) is 0 Å². The molecule has 0 rings (SSSR count). The minimum Gasteiger partial charge on any atom is -0.478 e. The van der Waals surface area contributed by atoms with Crippen LogP contribution in [0.4, 0.5) is 0 Å². The lowest BCUT2D eigenvalue weighted by atomic mass is 10.5. The molecule has 0 fully saturated rings. The van der Waals surface area contributed by atoms with Gasteiger partial charge in [0, 0.05) is 12.2 Å². The molecule has 0 spiro atoms. The van der Waals surface area contributed by atoms with Gasteiger partial charge in [-0.25, -0.2) is 9.59 Å². The maximum Gasteiger partial charge on any atom is 0.403 e. The maximum atomic E-state index is 10.3. The summed E-state index contributed by atoms with van der Waals surface area (Å²) in [4.78, 5) is 20.1. The lowest BCUT2D eigenvalue weighted by Gasteiger charge is -1.91. The molecule has 0 unspecified atom stereocenters. The van der Waals surface area contributed by atoms with Crippen molar-refractivity contribution in [2.24, 2.45) is 0 Å². The number of carbonyl (C=O) groups is 2. The summed E-state index contributed by atoms with van der Waals surface area (Å²) >= 11 is 0. The average Bonchev–Trinajstić information content (AvgIpc) is 1.79. The number of aliphatic carboxylic acids is 1. The highest BCUT2D eigenvalue weighted by Crippen LogP contribution is 1.99. The van der Waals surface area contributed by atoms with Gasteiger partial charge in [-0.05, 0) is 0 Å². The lowest BCUT2D eigenvalue weighted by Crippen LogP contribution is -2.05. The molecule has 6 nitrogen and oxygen atoms in total. The second-order valence-electron chi connectivity index (χ2n) is 1.47. The van der Waals surface area contributed by atoms with Crippen LogP contribution in [-0.4, -0.2) is 25.5 Å². The van der Waals surface area contributed by atoms with Crippen molar-refractivity contribution in [3.8, 4) is 0 Å². The molecule has 0 radical (unpaired) electrons. The van der Waals surface area contributed by atoms with E-state index in [4.69, 9.17) is 5.11 Å². The van der Waals surface area contributed by atoms with Gasteiger partial charge in [0.05, 0.1) is 10.7 Å². The number of hydrogen-bond acceptors (Lipinski definition) is 5. The van der Waals surface area contributed by atoms with Gasteiger partial charge in [0.1, 0.15) is 0 Å². The molecule has 0 heterocycles. The first-order chi connectivity index (χ1) is 5.31. The predicted molar refractivity (Wildman–Crippen MR) is 37.6 cm³/mol. The van der Waals surface area contributed by atoms with Crippen LogP contribution >= 0.6 is 10.7 Å². The summed E-state index contributed by atoms with van der Waals surface area (Å²) < 4.78 is 23.6. The Hall–Kier alpha value is -1.08. The fourth-order valence-electron chi connectivity index (χ4n) is 0.265. The lowest BCUT2D eigenvalue weighted by molar-refractivity contribution is -0.133. The van der Waals surface area contributed by atoms with E-state index in [9.17, 15) is 18.0 Å². The molecule has 0 atom stereocenters. The molecule has 68 valence electrons. The van der Waals surface area contributed by atoms with Crippen LogP contribution in [0.2, 0.25) is 0 Å². The highest BCUT2D eigenvalue weighted by molar-refractivity contribution is 8.10. The molecule has 0 saturated heterocycles. The Labute approximate surface area is 72.0 Å². The van der Waals surface area contributed by atoms with Crippen LogP contribution in [0, 0.1) is 0 Å². The number of carboxylic acid groups (broad SMARTS) is 1. The molecule has 0 aromatic carbocycles. The topological polar surface area (TPSA) is 97.7 Å². The minimum absolute atomic E-state index is 0.419. The minimum atomic E-state index is -4.39. The van der Waals surface area contributed by atoms with Gasteiger partial charge in [0.15, 0.2) is 0 Å². The molecule has 0 aliphatic rings. The normalized spacial score (nSPS) is 11.4. The third-order valence-corrected chi connectivity index (χ3v) is 1.10. The Bertz CT molecular complexity index is 314. The molecule has 0 amide bonds. The van der Waals surface area contributed by atoms with E-state index in [1.165, 1.54) is 0 Å². The molecule has 0 aliphatic carbocycles. The van der Waals surface area contributed by atoms with E-state index in [-0.39, 0.29) is 0 Å². The first-order valence-corrected chi connectivity index (χ1v) is 4.64. The van der Waals surface area contributed by atoms with Crippen molar-refractivity contribution in [3.05, 3.63) is 12.2 Å². The van der Waals surface area contributed by atoms with Gasteiger partial charge in [-0.2, -0.15) is 8.42 Å². The highest BCUT2D eigenvalue weighted by atomic mass is 35.7. The Morgan fingerprint density at radius 3 is 2.17 bits per heavy atom. The number of hydrogen-bond donors (Lipinski definition) is 1. The molecule has 12 heavy (non-hydrogen) atoms. The third-order valence-electron chi connectivity index (χ3n) is 0.544. The van der Waals surface area contributed by atoms with Crippen molar-refractivity contribution in [1.82, 2.24) is 0 Å². The van der Waals surface area contributed by atoms with E-state index in [0.717, 1.165) is 0 Å². The third kappa shape index (κ3) is 7.03. The molecule has 0 aromatic heterocycles. The molecular weight excluding hydrogens is 212 g/mol. The van der Waals surface area contributed by atoms with Crippen LogP contribution in [0.15, 0.2) is 12.2 Å². The number of rotatable bonds is 3. The van der Waals surface area contributed by atoms with Crippen molar-refractivity contribution in [2.75, 3.05) is 0 Å².